The number of nitrogens with two attached hydrogens (primary N) is 1. The molecule has 2 heterocycles. The van der Waals surface area contributed by atoms with E-state index in [1.54, 1.807) is 0 Å². The third kappa shape index (κ3) is 0.761. The van der Waals surface area contributed by atoms with Gasteiger partial charge < -0.3 is 5.73 Å². The van der Waals surface area contributed by atoms with E-state index in [0.717, 1.165) is 11.3 Å². The van der Waals surface area contributed by atoms with Crippen LogP contribution in [0.4, 0.5) is 5.69 Å². The van der Waals surface area contributed by atoms with E-state index >= 15 is 0 Å². The molecule has 0 unspecified atom stereocenters. The highest BCUT2D eigenvalue weighted by atomic mass is 16.6. The molecule has 2 aromatic rings. The first kappa shape index (κ1) is 7.02. The van der Waals surface area contributed by atoms with Crippen LogP contribution in [0.25, 0.3) is 11.2 Å². The second-order valence-corrected chi connectivity index (χ2v) is 2.67. The van der Waals surface area contributed by atoms with Crippen LogP contribution in [0.5, 0.6) is 0 Å². The van der Waals surface area contributed by atoms with Crippen LogP contribution in [0.15, 0.2) is 4.63 Å². The van der Waals surface area contributed by atoms with E-state index in [1.165, 1.54) is 0 Å². The largest absolute Gasteiger partial charge is 0.396 e. The molecule has 0 aromatic carbocycles. The summed E-state index contributed by atoms with van der Waals surface area (Å²) in [7, 11) is 0. The van der Waals surface area contributed by atoms with E-state index in [2.05, 4.69) is 19.9 Å². The molecule has 0 aliphatic carbocycles. The van der Waals surface area contributed by atoms with Gasteiger partial charge in [-0.05, 0) is 29.7 Å². The number of rotatable bonds is 0. The van der Waals surface area contributed by atoms with Crippen LogP contribution >= 0.6 is 0 Å². The predicted octanol–water partition coefficient (Wildman–Crippen LogP) is 0.817. The van der Waals surface area contributed by atoms with Crippen molar-refractivity contribution in [3.63, 3.8) is 0 Å². The standard InChI is InChI=1S/C7H8N4O/c1-3-4(2)9-7-6(5(3)8)10-12-11-7/h8H2,1-2H3. The zero-order valence-corrected chi connectivity index (χ0v) is 6.83. The summed E-state index contributed by atoms with van der Waals surface area (Å²) in [6.07, 6.45) is 0. The maximum absolute atomic E-state index is 5.76. The molecule has 5 heteroatoms. The molecule has 12 heavy (non-hydrogen) atoms. The SMILES string of the molecule is Cc1nc2nonc2c(N)c1C. The molecule has 0 saturated heterocycles. The van der Waals surface area contributed by atoms with Gasteiger partial charge in [-0.15, -0.1) is 0 Å². The quantitative estimate of drug-likeness (QED) is 0.623. The van der Waals surface area contributed by atoms with E-state index in [1.807, 2.05) is 13.8 Å². The third-order valence-corrected chi connectivity index (χ3v) is 1.95. The summed E-state index contributed by atoms with van der Waals surface area (Å²) >= 11 is 0. The highest BCUT2D eigenvalue weighted by molar-refractivity contribution is 5.85. The molecule has 0 aliphatic heterocycles. The number of aryl methyl sites for hydroxylation is 1. The van der Waals surface area contributed by atoms with Crippen LogP contribution < -0.4 is 5.73 Å². The van der Waals surface area contributed by atoms with Gasteiger partial charge in [0.1, 0.15) is 0 Å². The summed E-state index contributed by atoms with van der Waals surface area (Å²) in [5.74, 6) is 0. The number of aromatic nitrogens is 3. The summed E-state index contributed by atoms with van der Waals surface area (Å²) in [6, 6.07) is 0. The number of nitrogens with zero attached hydrogens (tertiary/aromatic N) is 3. The lowest BCUT2D eigenvalue weighted by atomic mass is 10.2. The van der Waals surface area contributed by atoms with Gasteiger partial charge in [-0.1, -0.05) is 0 Å². The molecule has 0 bridgehead atoms. The molecule has 0 fully saturated rings. The minimum absolute atomic E-state index is 0.468. The Hall–Kier alpha value is -1.65. The fourth-order valence-corrected chi connectivity index (χ4v) is 1.04. The van der Waals surface area contributed by atoms with Gasteiger partial charge in [0.25, 0.3) is 0 Å². The molecule has 0 amide bonds. The fourth-order valence-electron chi connectivity index (χ4n) is 1.04. The second-order valence-electron chi connectivity index (χ2n) is 2.67. The van der Waals surface area contributed by atoms with Crippen molar-refractivity contribution in [3.05, 3.63) is 11.3 Å². The van der Waals surface area contributed by atoms with Crippen LogP contribution in [0, 0.1) is 13.8 Å². The molecule has 0 atom stereocenters. The molecule has 2 rings (SSSR count). The monoisotopic (exact) mass is 164 g/mol. The van der Waals surface area contributed by atoms with Crippen molar-refractivity contribution in [2.75, 3.05) is 5.73 Å². The molecule has 0 aliphatic rings. The Labute approximate surface area is 68.5 Å². The van der Waals surface area contributed by atoms with Gasteiger partial charge in [-0.25, -0.2) is 9.61 Å². The molecule has 2 N–H and O–H groups in total. The fraction of sp³-hybridized carbons (Fsp3) is 0.286. The van der Waals surface area contributed by atoms with Crippen molar-refractivity contribution < 1.29 is 4.63 Å². The first-order valence-corrected chi connectivity index (χ1v) is 3.55. The lowest BCUT2D eigenvalue weighted by Crippen LogP contribution is -1.96. The number of nitrogen functional groups attached to an aromatic ring is 1. The average Bonchev–Trinajstić information content (AvgIpc) is 2.48. The molecule has 5 nitrogen and oxygen atoms in total. The van der Waals surface area contributed by atoms with Gasteiger partial charge in [0, 0.05) is 5.69 Å². The molecule has 2 aromatic heterocycles. The molecular weight excluding hydrogens is 156 g/mol. The number of hydrogen-bond donors (Lipinski definition) is 1. The van der Waals surface area contributed by atoms with Gasteiger partial charge >= 0.3 is 0 Å². The van der Waals surface area contributed by atoms with Crippen molar-refractivity contribution in [2.45, 2.75) is 13.8 Å². The van der Waals surface area contributed by atoms with Crippen molar-refractivity contribution in [3.8, 4) is 0 Å². The van der Waals surface area contributed by atoms with Gasteiger partial charge in [0.05, 0.1) is 5.69 Å². The van der Waals surface area contributed by atoms with Crippen LogP contribution in [0.1, 0.15) is 11.3 Å². The van der Waals surface area contributed by atoms with E-state index < -0.39 is 0 Å². The Morgan fingerprint density at radius 1 is 1.25 bits per heavy atom. The number of hydrogen-bond acceptors (Lipinski definition) is 5. The summed E-state index contributed by atoms with van der Waals surface area (Å²) < 4.78 is 4.51. The Bertz CT molecular complexity index is 434. The van der Waals surface area contributed by atoms with Crippen molar-refractivity contribution in [1.29, 1.82) is 0 Å². The third-order valence-electron chi connectivity index (χ3n) is 1.95. The maximum Gasteiger partial charge on any atom is 0.226 e. The lowest BCUT2D eigenvalue weighted by Gasteiger charge is -2.00. The highest BCUT2D eigenvalue weighted by Crippen LogP contribution is 2.21. The smallest absolute Gasteiger partial charge is 0.226 e. The maximum atomic E-state index is 5.76. The summed E-state index contributed by atoms with van der Waals surface area (Å²) in [6.45, 7) is 3.77. The lowest BCUT2D eigenvalue weighted by molar-refractivity contribution is 0.315. The van der Waals surface area contributed by atoms with Gasteiger partial charge in [0.2, 0.25) is 5.65 Å². The Kier molecular flexibility index (Phi) is 1.27. The Morgan fingerprint density at radius 2 is 2.00 bits per heavy atom. The van der Waals surface area contributed by atoms with Crippen LogP contribution in [-0.2, 0) is 0 Å². The van der Waals surface area contributed by atoms with Crippen molar-refractivity contribution in [2.24, 2.45) is 0 Å². The molecule has 62 valence electrons. The second kappa shape index (κ2) is 2.17. The topological polar surface area (TPSA) is 77.8 Å². The van der Waals surface area contributed by atoms with Gasteiger partial charge in [-0.2, -0.15) is 0 Å². The number of fused-ring (bicyclic) bond motifs is 1. The minimum atomic E-state index is 0.468. The van der Waals surface area contributed by atoms with Crippen molar-refractivity contribution in [1.82, 2.24) is 15.3 Å². The number of pyridine rings is 1. The van der Waals surface area contributed by atoms with Crippen LogP contribution in [0.3, 0.4) is 0 Å². The zero-order chi connectivity index (χ0) is 8.72. The zero-order valence-electron chi connectivity index (χ0n) is 6.83. The highest BCUT2D eigenvalue weighted by Gasteiger charge is 2.10. The number of anilines is 1. The van der Waals surface area contributed by atoms with E-state index in [0.29, 0.717) is 16.9 Å². The Morgan fingerprint density at radius 3 is 2.75 bits per heavy atom. The predicted molar refractivity (Wildman–Crippen MR) is 43.5 cm³/mol. The van der Waals surface area contributed by atoms with Crippen LogP contribution in [0.2, 0.25) is 0 Å². The molecule has 0 saturated carbocycles. The van der Waals surface area contributed by atoms with Gasteiger partial charge in [0.15, 0.2) is 5.52 Å². The normalized spacial score (nSPS) is 10.8. The van der Waals surface area contributed by atoms with E-state index in [4.69, 9.17) is 5.73 Å². The molecule has 0 spiro atoms. The Balaban J connectivity index is 2.94. The van der Waals surface area contributed by atoms with E-state index in [-0.39, 0.29) is 0 Å². The average molecular weight is 164 g/mol. The first-order chi connectivity index (χ1) is 5.70. The summed E-state index contributed by atoms with van der Waals surface area (Å²) in [5.41, 5.74) is 9.15. The summed E-state index contributed by atoms with van der Waals surface area (Å²) in [5, 5.41) is 7.25. The minimum Gasteiger partial charge on any atom is -0.396 e. The van der Waals surface area contributed by atoms with E-state index in [9.17, 15) is 0 Å². The molecular formula is C7H8N4O. The van der Waals surface area contributed by atoms with Crippen molar-refractivity contribution >= 4 is 16.9 Å². The summed E-state index contributed by atoms with van der Waals surface area (Å²) in [4.78, 5) is 4.15. The first-order valence-electron chi connectivity index (χ1n) is 3.55. The molecule has 0 radical (unpaired) electrons. The van der Waals surface area contributed by atoms with Crippen LogP contribution in [-0.4, -0.2) is 15.3 Å². The van der Waals surface area contributed by atoms with Gasteiger partial charge in [-0.3, -0.25) is 0 Å².